The molecule has 10 aromatic carbocycles. The molecule has 0 bridgehead atoms. The molecule has 0 saturated heterocycles. The normalized spacial score (nSPS) is 15.7. The van der Waals surface area contributed by atoms with E-state index in [1.54, 1.807) is 0 Å². The van der Waals surface area contributed by atoms with E-state index in [9.17, 15) is 0 Å². The quantitative estimate of drug-likeness (QED) is 0.172. The number of fused-ring (bicyclic) bond motifs is 15. The average molecular weight is 858 g/mol. The molecule has 3 aliphatic carbocycles. The zero-order valence-corrected chi connectivity index (χ0v) is 37.1. The van der Waals surface area contributed by atoms with Crippen LogP contribution in [0.25, 0.3) is 55.6 Å². The topological polar surface area (TPSA) is 21.7 Å². The Labute approximate surface area is 390 Å². The molecule has 0 aromatic heterocycles. The van der Waals surface area contributed by atoms with Crippen molar-refractivity contribution in [2.75, 3.05) is 4.90 Å². The van der Waals surface area contributed by atoms with Gasteiger partial charge in [0.15, 0.2) is 23.0 Å². The standard InChI is InChI=1S/C64H43NO2/c1-63(2)53-19-9-6-16-47(53)50-35-33-46(37-56(50)63)65(44-29-24-41(25-30-44)40-14-4-3-5-15-40)45-31-26-42(27-32-45)43-28-34-51-48-17-7-10-20-54(48)64(57(51)36-43)55-21-11-8-18-49(55)52-38-61-62(39-58(52)64)67-60-23-13-12-22-59(60)66-61/h3-39H,1-2H3. The summed E-state index contributed by atoms with van der Waals surface area (Å²) in [5.74, 6) is 2.93. The van der Waals surface area contributed by atoms with Gasteiger partial charge in [0.05, 0.1) is 5.41 Å². The van der Waals surface area contributed by atoms with Gasteiger partial charge in [-0.05, 0) is 156 Å². The van der Waals surface area contributed by atoms with Crippen molar-refractivity contribution < 1.29 is 9.47 Å². The van der Waals surface area contributed by atoms with Gasteiger partial charge in [0.2, 0.25) is 0 Å². The highest BCUT2D eigenvalue weighted by atomic mass is 16.6. The summed E-state index contributed by atoms with van der Waals surface area (Å²) in [5.41, 5.74) is 22.7. The van der Waals surface area contributed by atoms with Crippen molar-refractivity contribution in [2.45, 2.75) is 24.7 Å². The summed E-state index contributed by atoms with van der Waals surface area (Å²) in [5, 5.41) is 0. The molecule has 10 aromatic rings. The van der Waals surface area contributed by atoms with Crippen LogP contribution in [-0.2, 0) is 10.8 Å². The lowest BCUT2D eigenvalue weighted by atomic mass is 9.70. The first-order valence-corrected chi connectivity index (χ1v) is 23.2. The fourth-order valence-electron chi connectivity index (χ4n) is 11.9. The number of para-hydroxylation sites is 2. The van der Waals surface area contributed by atoms with E-state index in [0.717, 1.165) is 45.6 Å². The number of hydrogen-bond donors (Lipinski definition) is 0. The van der Waals surface area contributed by atoms with Gasteiger partial charge in [-0.1, -0.05) is 172 Å². The number of anilines is 3. The summed E-state index contributed by atoms with van der Waals surface area (Å²) in [7, 11) is 0. The van der Waals surface area contributed by atoms with Crippen LogP contribution in [0.3, 0.4) is 0 Å². The fraction of sp³-hybridized carbons (Fsp3) is 0.0625. The van der Waals surface area contributed by atoms with Crippen molar-refractivity contribution in [1.82, 2.24) is 0 Å². The molecule has 1 atom stereocenters. The molecule has 0 radical (unpaired) electrons. The lowest BCUT2D eigenvalue weighted by Gasteiger charge is -2.31. The number of ether oxygens (including phenoxy) is 2. The van der Waals surface area contributed by atoms with Crippen molar-refractivity contribution in [3.05, 3.63) is 258 Å². The van der Waals surface area contributed by atoms with Gasteiger partial charge >= 0.3 is 0 Å². The Hall–Kier alpha value is -8.40. The zero-order valence-electron chi connectivity index (χ0n) is 37.1. The molecule has 316 valence electrons. The Morgan fingerprint density at radius 1 is 0.284 bits per heavy atom. The van der Waals surface area contributed by atoms with Gasteiger partial charge in [0, 0.05) is 22.5 Å². The molecule has 1 spiro atoms. The summed E-state index contributed by atoms with van der Waals surface area (Å²) in [4.78, 5) is 2.41. The van der Waals surface area contributed by atoms with E-state index in [-0.39, 0.29) is 5.41 Å². The number of nitrogens with zero attached hydrogens (tertiary/aromatic N) is 1. The maximum absolute atomic E-state index is 6.61. The highest BCUT2D eigenvalue weighted by Gasteiger charge is 2.52. The predicted octanol–water partition coefficient (Wildman–Crippen LogP) is 17.0. The van der Waals surface area contributed by atoms with Crippen LogP contribution in [0.2, 0.25) is 0 Å². The lowest BCUT2D eigenvalue weighted by Crippen LogP contribution is -2.26. The Morgan fingerprint density at radius 2 is 0.716 bits per heavy atom. The van der Waals surface area contributed by atoms with Crippen LogP contribution in [0.4, 0.5) is 17.1 Å². The maximum atomic E-state index is 6.61. The third-order valence-corrected chi connectivity index (χ3v) is 15.0. The van der Waals surface area contributed by atoms with Crippen molar-refractivity contribution in [2.24, 2.45) is 0 Å². The minimum Gasteiger partial charge on any atom is -0.450 e. The maximum Gasteiger partial charge on any atom is 0.170 e. The fourth-order valence-corrected chi connectivity index (χ4v) is 11.9. The van der Waals surface area contributed by atoms with Gasteiger partial charge in [0.25, 0.3) is 0 Å². The number of hydrogen-bond acceptors (Lipinski definition) is 3. The molecule has 4 aliphatic rings. The first-order chi connectivity index (χ1) is 32.9. The molecule has 3 nitrogen and oxygen atoms in total. The molecular weight excluding hydrogens is 815 g/mol. The van der Waals surface area contributed by atoms with Gasteiger partial charge < -0.3 is 14.4 Å². The molecule has 3 heteroatoms. The molecule has 67 heavy (non-hydrogen) atoms. The van der Waals surface area contributed by atoms with Gasteiger partial charge in [-0.25, -0.2) is 0 Å². The van der Waals surface area contributed by atoms with E-state index in [2.05, 4.69) is 219 Å². The first kappa shape index (κ1) is 37.9. The molecule has 0 fully saturated rings. The van der Waals surface area contributed by atoms with Crippen LogP contribution in [-0.4, -0.2) is 0 Å². The Bertz CT molecular complexity index is 3660. The van der Waals surface area contributed by atoms with E-state index in [1.807, 2.05) is 24.3 Å². The minimum atomic E-state index is -0.549. The third-order valence-electron chi connectivity index (χ3n) is 15.0. The van der Waals surface area contributed by atoms with E-state index in [1.165, 1.54) is 83.5 Å². The summed E-state index contributed by atoms with van der Waals surface area (Å²) in [6.45, 7) is 4.71. The molecule has 1 aliphatic heterocycles. The van der Waals surface area contributed by atoms with Crippen LogP contribution in [0.15, 0.2) is 224 Å². The van der Waals surface area contributed by atoms with Crippen LogP contribution >= 0.6 is 0 Å². The van der Waals surface area contributed by atoms with Crippen molar-refractivity contribution >= 4 is 17.1 Å². The predicted molar refractivity (Wildman–Crippen MR) is 272 cm³/mol. The van der Waals surface area contributed by atoms with E-state index < -0.39 is 5.41 Å². The van der Waals surface area contributed by atoms with Crippen LogP contribution < -0.4 is 14.4 Å². The lowest BCUT2D eigenvalue weighted by molar-refractivity contribution is 0.359. The molecular formula is C64H43NO2. The van der Waals surface area contributed by atoms with Gasteiger partial charge in [-0.2, -0.15) is 0 Å². The van der Waals surface area contributed by atoms with E-state index >= 15 is 0 Å². The van der Waals surface area contributed by atoms with Gasteiger partial charge in [-0.3, -0.25) is 0 Å². The van der Waals surface area contributed by atoms with Crippen molar-refractivity contribution in [3.8, 4) is 78.6 Å². The smallest absolute Gasteiger partial charge is 0.170 e. The van der Waals surface area contributed by atoms with Crippen LogP contribution in [0.5, 0.6) is 23.0 Å². The summed E-state index contributed by atoms with van der Waals surface area (Å²) >= 11 is 0. The molecule has 0 saturated carbocycles. The molecule has 1 unspecified atom stereocenters. The zero-order chi connectivity index (χ0) is 44.4. The number of rotatable bonds is 5. The molecule has 0 amide bonds. The van der Waals surface area contributed by atoms with Crippen LogP contribution in [0, 0.1) is 0 Å². The summed E-state index contributed by atoms with van der Waals surface area (Å²) < 4.78 is 13.1. The minimum absolute atomic E-state index is 0.120. The largest absolute Gasteiger partial charge is 0.450 e. The first-order valence-electron chi connectivity index (χ1n) is 23.2. The second-order valence-electron chi connectivity index (χ2n) is 18.8. The average Bonchev–Trinajstić information content (AvgIpc) is 3.93. The van der Waals surface area contributed by atoms with Gasteiger partial charge in [-0.15, -0.1) is 0 Å². The van der Waals surface area contributed by atoms with Crippen LogP contribution in [0.1, 0.15) is 47.2 Å². The Kier molecular flexibility index (Phi) is 7.95. The van der Waals surface area contributed by atoms with E-state index in [4.69, 9.17) is 9.47 Å². The SMILES string of the molecule is CC1(C)c2ccccc2-c2ccc(N(c3ccc(-c4ccccc4)cc3)c3ccc(-c4ccc5c(c4)C4(c6ccccc6-5)c5ccccc5-c5cc6c(cc54)Oc4ccccc4O6)cc3)cc21. The third kappa shape index (κ3) is 5.40. The summed E-state index contributed by atoms with van der Waals surface area (Å²) in [6, 6.07) is 81.9. The van der Waals surface area contributed by atoms with Crippen molar-refractivity contribution in [1.29, 1.82) is 0 Å². The monoisotopic (exact) mass is 857 g/mol. The van der Waals surface area contributed by atoms with E-state index in [0.29, 0.717) is 0 Å². The highest BCUT2D eigenvalue weighted by Crippen LogP contribution is 2.65. The molecule has 14 rings (SSSR count). The Morgan fingerprint density at radius 3 is 1.37 bits per heavy atom. The highest BCUT2D eigenvalue weighted by molar-refractivity contribution is 5.97. The number of benzene rings is 10. The molecule has 1 heterocycles. The summed E-state index contributed by atoms with van der Waals surface area (Å²) in [6.07, 6.45) is 0. The molecule has 0 N–H and O–H groups in total. The Balaban J connectivity index is 0.896. The second kappa shape index (κ2) is 14.1. The van der Waals surface area contributed by atoms with Gasteiger partial charge in [0.1, 0.15) is 0 Å². The second-order valence-corrected chi connectivity index (χ2v) is 18.8. The van der Waals surface area contributed by atoms with Crippen molar-refractivity contribution in [3.63, 3.8) is 0 Å².